The van der Waals surface area contributed by atoms with Crippen molar-refractivity contribution in [1.29, 1.82) is 0 Å². The molecule has 1 aromatic rings. The Morgan fingerprint density at radius 1 is 1.46 bits per heavy atom. The van der Waals surface area contributed by atoms with Gasteiger partial charge in [0.25, 0.3) is 0 Å². The number of hydrogen-bond donors (Lipinski definition) is 2. The maximum absolute atomic E-state index is 12.5. The lowest BCUT2D eigenvalue weighted by Crippen LogP contribution is -2.48. The molecule has 8 heteroatoms. The highest BCUT2D eigenvalue weighted by molar-refractivity contribution is 7.09. The van der Waals surface area contributed by atoms with Crippen LogP contribution in [0.4, 0.5) is 4.79 Å². The second kappa shape index (κ2) is 7.06. The van der Waals surface area contributed by atoms with E-state index in [0.717, 1.165) is 24.6 Å². The third-order valence-electron chi connectivity index (χ3n) is 4.51. The Kier molecular flexibility index (Phi) is 5.05. The topological polar surface area (TPSA) is 77.6 Å². The van der Waals surface area contributed by atoms with Gasteiger partial charge < -0.3 is 15.5 Å². The summed E-state index contributed by atoms with van der Waals surface area (Å²) < 4.78 is 0. The van der Waals surface area contributed by atoms with E-state index in [1.54, 1.807) is 11.3 Å². The number of nitrogens with zero attached hydrogens (tertiary/aromatic N) is 3. The first-order chi connectivity index (χ1) is 11.5. The van der Waals surface area contributed by atoms with Crippen LogP contribution >= 0.6 is 11.3 Å². The molecule has 24 heavy (non-hydrogen) atoms. The number of hydrogen-bond acceptors (Lipinski definition) is 5. The Hall–Kier alpha value is -1.67. The Balaban J connectivity index is 1.75. The molecule has 3 rings (SSSR count). The quantitative estimate of drug-likeness (QED) is 0.848. The number of carbonyl (C=O) groups is 2. The lowest BCUT2D eigenvalue weighted by Gasteiger charge is -2.32. The highest BCUT2D eigenvalue weighted by atomic mass is 32.1. The summed E-state index contributed by atoms with van der Waals surface area (Å²) in [6, 6.07) is 0.0614. The molecule has 0 aromatic carbocycles. The lowest BCUT2D eigenvalue weighted by molar-refractivity contribution is -0.119. The van der Waals surface area contributed by atoms with E-state index in [4.69, 9.17) is 0 Å². The van der Waals surface area contributed by atoms with Gasteiger partial charge in [-0.2, -0.15) is 0 Å². The molecule has 2 aliphatic rings. The first-order valence-corrected chi connectivity index (χ1v) is 9.27. The van der Waals surface area contributed by atoms with Crippen LogP contribution in [-0.4, -0.2) is 65.5 Å². The molecule has 1 atom stereocenters. The summed E-state index contributed by atoms with van der Waals surface area (Å²) in [5.74, 6) is 0.0790. The number of rotatable bonds is 3. The van der Waals surface area contributed by atoms with E-state index in [1.807, 2.05) is 30.3 Å². The first kappa shape index (κ1) is 17.2. The number of thiazole rings is 1. The van der Waals surface area contributed by atoms with E-state index in [-0.39, 0.29) is 23.4 Å². The van der Waals surface area contributed by atoms with Crippen LogP contribution in [0.5, 0.6) is 0 Å². The third-order valence-corrected chi connectivity index (χ3v) is 5.27. The van der Waals surface area contributed by atoms with Gasteiger partial charge in [-0.3, -0.25) is 9.69 Å². The summed E-state index contributed by atoms with van der Waals surface area (Å²) >= 11 is 1.64. The molecular weight excluding hydrogens is 326 g/mol. The fourth-order valence-corrected chi connectivity index (χ4v) is 4.15. The Labute approximate surface area is 146 Å². The number of amides is 3. The van der Waals surface area contributed by atoms with Crippen molar-refractivity contribution in [2.75, 3.05) is 32.7 Å². The number of carbonyl (C=O) groups excluding carboxylic acids is 2. The van der Waals surface area contributed by atoms with E-state index in [2.05, 4.69) is 20.5 Å². The molecule has 2 aliphatic heterocycles. The minimum Gasteiger partial charge on any atom is -0.355 e. The maximum Gasteiger partial charge on any atom is 0.317 e. The molecule has 7 nitrogen and oxygen atoms in total. The molecule has 0 saturated carbocycles. The van der Waals surface area contributed by atoms with Crippen molar-refractivity contribution < 1.29 is 9.59 Å². The second-order valence-corrected chi connectivity index (χ2v) is 8.09. The van der Waals surface area contributed by atoms with Crippen LogP contribution in [0.1, 0.15) is 25.3 Å². The predicted octanol–water partition coefficient (Wildman–Crippen LogP) is 0.885. The molecule has 132 valence electrons. The molecule has 2 fully saturated rings. The van der Waals surface area contributed by atoms with Crippen molar-refractivity contribution in [2.24, 2.45) is 5.41 Å². The van der Waals surface area contributed by atoms with E-state index in [1.165, 1.54) is 0 Å². The molecular formula is C16H25N5O2S. The molecule has 0 bridgehead atoms. The monoisotopic (exact) mass is 351 g/mol. The summed E-state index contributed by atoms with van der Waals surface area (Å²) in [6.07, 6.45) is 2.30. The fraction of sp³-hybridized carbons (Fsp3) is 0.688. The van der Waals surface area contributed by atoms with Gasteiger partial charge in [0.05, 0.1) is 6.54 Å². The third kappa shape index (κ3) is 4.05. The van der Waals surface area contributed by atoms with Gasteiger partial charge in [0, 0.05) is 62.2 Å². The van der Waals surface area contributed by atoms with Gasteiger partial charge in [-0.05, 0) is 13.8 Å². The molecule has 0 unspecified atom stereocenters. The fourth-order valence-electron chi connectivity index (χ4n) is 3.49. The van der Waals surface area contributed by atoms with Crippen molar-refractivity contribution in [1.82, 2.24) is 25.4 Å². The average Bonchev–Trinajstić information content (AvgIpc) is 3.08. The summed E-state index contributed by atoms with van der Waals surface area (Å²) in [5.41, 5.74) is -0.209. The van der Waals surface area contributed by atoms with Gasteiger partial charge in [-0.15, -0.1) is 11.3 Å². The normalized spacial score (nSPS) is 25.1. The molecule has 3 amide bonds. The maximum atomic E-state index is 12.5. The second-order valence-electron chi connectivity index (χ2n) is 7.12. The van der Waals surface area contributed by atoms with E-state index < -0.39 is 0 Å². The van der Waals surface area contributed by atoms with Gasteiger partial charge in [0.15, 0.2) is 0 Å². The van der Waals surface area contributed by atoms with E-state index >= 15 is 0 Å². The SMILES string of the molecule is CC(C)NC(=O)N1CCN(Cc2nccs2)C[C@@]2(CNC(=O)C2)C1. The first-order valence-electron chi connectivity index (χ1n) is 8.39. The van der Waals surface area contributed by atoms with Crippen molar-refractivity contribution in [3.8, 4) is 0 Å². The average molecular weight is 351 g/mol. The van der Waals surface area contributed by atoms with Crippen molar-refractivity contribution >= 4 is 23.3 Å². The zero-order chi connectivity index (χ0) is 17.2. The van der Waals surface area contributed by atoms with Crippen LogP contribution in [0.15, 0.2) is 11.6 Å². The molecule has 0 radical (unpaired) electrons. The smallest absolute Gasteiger partial charge is 0.317 e. The van der Waals surface area contributed by atoms with Gasteiger partial charge in [-0.25, -0.2) is 9.78 Å². The minimum atomic E-state index is -0.209. The van der Waals surface area contributed by atoms with Gasteiger partial charge in [0.2, 0.25) is 5.91 Å². The van der Waals surface area contributed by atoms with Crippen LogP contribution in [0, 0.1) is 5.41 Å². The van der Waals surface area contributed by atoms with Crippen molar-refractivity contribution in [3.63, 3.8) is 0 Å². The van der Waals surface area contributed by atoms with Gasteiger partial charge in [0.1, 0.15) is 5.01 Å². The number of urea groups is 1. The Morgan fingerprint density at radius 3 is 2.92 bits per heavy atom. The molecule has 1 aromatic heterocycles. The van der Waals surface area contributed by atoms with Gasteiger partial charge >= 0.3 is 6.03 Å². The molecule has 1 spiro atoms. The predicted molar refractivity (Wildman–Crippen MR) is 92.7 cm³/mol. The molecule has 2 N–H and O–H groups in total. The van der Waals surface area contributed by atoms with Gasteiger partial charge in [-0.1, -0.05) is 0 Å². The standard InChI is InChI=1S/C16H25N5O2S/c1-12(2)19-15(23)21-5-4-20(8-14-17-3-6-24-14)10-16(11-21)7-13(22)18-9-16/h3,6,12H,4-5,7-11H2,1-2H3,(H,18,22)(H,19,23)/t16-/m1/s1. The molecule has 2 saturated heterocycles. The van der Waals surface area contributed by atoms with Crippen molar-refractivity contribution in [3.05, 3.63) is 16.6 Å². The van der Waals surface area contributed by atoms with E-state index in [9.17, 15) is 9.59 Å². The zero-order valence-electron chi connectivity index (χ0n) is 14.2. The Morgan fingerprint density at radius 2 is 2.29 bits per heavy atom. The molecule has 3 heterocycles. The summed E-state index contributed by atoms with van der Waals surface area (Å²) in [4.78, 5) is 32.9. The Bertz CT molecular complexity index is 591. The highest BCUT2D eigenvalue weighted by Crippen LogP contribution is 2.31. The van der Waals surface area contributed by atoms with Crippen LogP contribution < -0.4 is 10.6 Å². The summed E-state index contributed by atoms with van der Waals surface area (Å²) in [6.45, 7) is 8.19. The lowest BCUT2D eigenvalue weighted by atomic mass is 9.86. The number of nitrogens with one attached hydrogen (secondary N) is 2. The largest absolute Gasteiger partial charge is 0.355 e. The summed E-state index contributed by atoms with van der Waals surface area (Å²) in [5, 5.41) is 8.97. The highest BCUT2D eigenvalue weighted by Gasteiger charge is 2.43. The van der Waals surface area contributed by atoms with Crippen LogP contribution in [0.3, 0.4) is 0 Å². The van der Waals surface area contributed by atoms with Crippen LogP contribution in [0.2, 0.25) is 0 Å². The minimum absolute atomic E-state index is 0.0418. The van der Waals surface area contributed by atoms with E-state index in [0.29, 0.717) is 26.1 Å². The van der Waals surface area contributed by atoms with Crippen LogP contribution in [0.25, 0.3) is 0 Å². The number of aromatic nitrogens is 1. The zero-order valence-corrected chi connectivity index (χ0v) is 15.1. The van der Waals surface area contributed by atoms with Crippen molar-refractivity contribution in [2.45, 2.75) is 32.9 Å². The van der Waals surface area contributed by atoms with Crippen LogP contribution in [-0.2, 0) is 11.3 Å². The summed E-state index contributed by atoms with van der Waals surface area (Å²) in [7, 11) is 0. The molecule has 0 aliphatic carbocycles.